The Morgan fingerprint density at radius 3 is 2.20 bits per heavy atom. The number of hydroxylamine groups is 1. The maximum Gasteiger partial charge on any atom is 0.274 e. The van der Waals surface area contributed by atoms with Crippen LogP contribution >= 0.6 is 0 Å². The normalized spacial score (nSPS) is 10.3. The van der Waals surface area contributed by atoms with Crippen LogP contribution < -0.4 is 20.3 Å². The SMILES string of the molecule is COc1ccc(C(=O)NO)cc1NC(=O)c1ccc(OC(C)C)cc1. The summed E-state index contributed by atoms with van der Waals surface area (Å²) in [5.74, 6) is 0.0117. The molecule has 2 rings (SSSR count). The number of nitrogens with one attached hydrogen (secondary N) is 2. The highest BCUT2D eigenvalue weighted by molar-refractivity contribution is 6.06. The van der Waals surface area contributed by atoms with E-state index in [1.54, 1.807) is 29.7 Å². The fraction of sp³-hybridized carbons (Fsp3) is 0.222. The summed E-state index contributed by atoms with van der Waals surface area (Å²) in [6, 6.07) is 11.1. The molecule has 25 heavy (non-hydrogen) atoms. The van der Waals surface area contributed by atoms with Crippen LogP contribution in [0.4, 0.5) is 5.69 Å². The summed E-state index contributed by atoms with van der Waals surface area (Å²) in [6.45, 7) is 3.84. The van der Waals surface area contributed by atoms with Gasteiger partial charge in [-0.3, -0.25) is 14.8 Å². The first-order valence-electron chi connectivity index (χ1n) is 7.65. The molecule has 0 unspecified atom stereocenters. The van der Waals surface area contributed by atoms with Gasteiger partial charge in [-0.05, 0) is 56.3 Å². The van der Waals surface area contributed by atoms with Gasteiger partial charge >= 0.3 is 0 Å². The van der Waals surface area contributed by atoms with Crippen LogP contribution in [0.25, 0.3) is 0 Å². The molecular formula is C18H20N2O5. The van der Waals surface area contributed by atoms with E-state index in [-0.39, 0.29) is 17.6 Å². The van der Waals surface area contributed by atoms with E-state index in [0.717, 1.165) is 0 Å². The summed E-state index contributed by atoms with van der Waals surface area (Å²) in [7, 11) is 1.45. The van der Waals surface area contributed by atoms with Crippen LogP contribution in [-0.4, -0.2) is 30.2 Å². The molecule has 2 aromatic carbocycles. The third-order valence-corrected chi connectivity index (χ3v) is 3.30. The summed E-state index contributed by atoms with van der Waals surface area (Å²) < 4.78 is 10.7. The maximum atomic E-state index is 12.4. The van der Waals surface area contributed by atoms with Crippen molar-refractivity contribution in [3.8, 4) is 11.5 Å². The fourth-order valence-corrected chi connectivity index (χ4v) is 2.16. The van der Waals surface area contributed by atoms with Crippen LogP contribution in [0.1, 0.15) is 34.6 Å². The Morgan fingerprint density at radius 1 is 1.00 bits per heavy atom. The Kier molecular flexibility index (Phi) is 5.97. The molecule has 0 aliphatic rings. The van der Waals surface area contributed by atoms with Gasteiger partial charge in [-0.2, -0.15) is 0 Å². The molecule has 2 aromatic rings. The molecule has 0 aliphatic heterocycles. The van der Waals surface area contributed by atoms with E-state index < -0.39 is 5.91 Å². The number of amides is 2. The molecule has 0 bridgehead atoms. The second-order valence-electron chi connectivity index (χ2n) is 5.50. The number of rotatable bonds is 6. The average molecular weight is 344 g/mol. The highest BCUT2D eigenvalue weighted by atomic mass is 16.5. The molecule has 132 valence electrons. The Balaban J connectivity index is 2.20. The van der Waals surface area contributed by atoms with E-state index in [2.05, 4.69) is 5.32 Å². The molecule has 7 nitrogen and oxygen atoms in total. The summed E-state index contributed by atoms with van der Waals surface area (Å²) in [5.41, 5.74) is 2.47. The standard InChI is InChI=1S/C18H20N2O5/c1-11(2)25-14-7-4-12(5-8-14)17(21)19-15-10-13(18(22)20-23)6-9-16(15)24-3/h4-11,23H,1-3H3,(H,19,21)(H,20,22). The number of hydrogen-bond acceptors (Lipinski definition) is 5. The monoisotopic (exact) mass is 344 g/mol. The zero-order chi connectivity index (χ0) is 18.4. The molecule has 0 fully saturated rings. The average Bonchev–Trinajstić information content (AvgIpc) is 2.61. The molecular weight excluding hydrogens is 324 g/mol. The van der Waals surface area contributed by atoms with Crippen LogP contribution in [0.15, 0.2) is 42.5 Å². The lowest BCUT2D eigenvalue weighted by molar-refractivity contribution is 0.0706. The van der Waals surface area contributed by atoms with Gasteiger partial charge in [-0.25, -0.2) is 5.48 Å². The topological polar surface area (TPSA) is 96.9 Å². The summed E-state index contributed by atoms with van der Waals surface area (Å²) >= 11 is 0. The van der Waals surface area contributed by atoms with E-state index in [4.69, 9.17) is 14.7 Å². The molecule has 0 heterocycles. The summed E-state index contributed by atoms with van der Waals surface area (Å²) in [5, 5.41) is 11.4. The second kappa shape index (κ2) is 8.16. The molecule has 0 saturated carbocycles. The predicted octanol–water partition coefficient (Wildman–Crippen LogP) is 2.85. The minimum absolute atomic E-state index is 0.0457. The molecule has 0 atom stereocenters. The predicted molar refractivity (Wildman–Crippen MR) is 92.4 cm³/mol. The number of hydrogen-bond donors (Lipinski definition) is 3. The Labute approximate surface area is 145 Å². The van der Waals surface area contributed by atoms with Crippen molar-refractivity contribution in [2.24, 2.45) is 0 Å². The number of methoxy groups -OCH3 is 1. The van der Waals surface area contributed by atoms with Crippen molar-refractivity contribution in [1.29, 1.82) is 0 Å². The van der Waals surface area contributed by atoms with Crippen molar-refractivity contribution < 1.29 is 24.3 Å². The molecule has 7 heteroatoms. The van der Waals surface area contributed by atoms with Crippen molar-refractivity contribution >= 4 is 17.5 Å². The highest BCUT2D eigenvalue weighted by Crippen LogP contribution is 2.26. The van der Waals surface area contributed by atoms with Crippen molar-refractivity contribution in [3.63, 3.8) is 0 Å². The van der Waals surface area contributed by atoms with Crippen molar-refractivity contribution in [3.05, 3.63) is 53.6 Å². The van der Waals surface area contributed by atoms with Gasteiger partial charge in [0.25, 0.3) is 11.8 Å². The van der Waals surface area contributed by atoms with Gasteiger partial charge < -0.3 is 14.8 Å². The van der Waals surface area contributed by atoms with Crippen LogP contribution in [0.5, 0.6) is 11.5 Å². The number of carbonyl (C=O) groups is 2. The zero-order valence-corrected chi connectivity index (χ0v) is 14.2. The molecule has 0 saturated heterocycles. The minimum atomic E-state index is -0.687. The van der Waals surface area contributed by atoms with Gasteiger partial charge in [0.2, 0.25) is 0 Å². The third-order valence-electron chi connectivity index (χ3n) is 3.30. The first-order chi connectivity index (χ1) is 11.9. The number of carbonyl (C=O) groups excluding carboxylic acids is 2. The number of ether oxygens (including phenoxy) is 2. The summed E-state index contributed by atoms with van der Waals surface area (Å²) in [4.78, 5) is 23.9. The first kappa shape index (κ1) is 18.3. The minimum Gasteiger partial charge on any atom is -0.495 e. The van der Waals surface area contributed by atoms with Crippen molar-refractivity contribution in [2.75, 3.05) is 12.4 Å². The van der Waals surface area contributed by atoms with E-state index in [0.29, 0.717) is 22.7 Å². The Morgan fingerprint density at radius 2 is 1.64 bits per heavy atom. The van der Waals surface area contributed by atoms with Crippen molar-refractivity contribution in [2.45, 2.75) is 20.0 Å². The molecule has 0 spiro atoms. The lowest BCUT2D eigenvalue weighted by Crippen LogP contribution is -2.19. The van der Waals surface area contributed by atoms with Gasteiger partial charge in [-0.15, -0.1) is 0 Å². The van der Waals surface area contributed by atoms with Gasteiger partial charge in [0.15, 0.2) is 0 Å². The van der Waals surface area contributed by atoms with Crippen LogP contribution in [0, 0.1) is 0 Å². The fourth-order valence-electron chi connectivity index (χ4n) is 2.16. The molecule has 3 N–H and O–H groups in total. The van der Waals surface area contributed by atoms with Gasteiger partial charge in [-0.1, -0.05) is 0 Å². The third kappa shape index (κ3) is 4.71. The second-order valence-corrected chi connectivity index (χ2v) is 5.50. The smallest absolute Gasteiger partial charge is 0.274 e. The van der Waals surface area contributed by atoms with Gasteiger partial charge in [0, 0.05) is 11.1 Å². The Bertz CT molecular complexity index is 757. The van der Waals surface area contributed by atoms with E-state index >= 15 is 0 Å². The summed E-state index contributed by atoms with van der Waals surface area (Å²) in [6.07, 6.45) is 0.0457. The molecule has 2 amide bonds. The van der Waals surface area contributed by atoms with E-state index in [1.807, 2.05) is 13.8 Å². The maximum absolute atomic E-state index is 12.4. The first-order valence-corrected chi connectivity index (χ1v) is 7.65. The molecule has 0 aromatic heterocycles. The largest absolute Gasteiger partial charge is 0.495 e. The van der Waals surface area contributed by atoms with Gasteiger partial charge in [0.1, 0.15) is 11.5 Å². The molecule has 0 aliphatic carbocycles. The van der Waals surface area contributed by atoms with Crippen LogP contribution in [0.2, 0.25) is 0 Å². The van der Waals surface area contributed by atoms with Gasteiger partial charge in [0.05, 0.1) is 18.9 Å². The highest BCUT2D eigenvalue weighted by Gasteiger charge is 2.13. The van der Waals surface area contributed by atoms with E-state index in [9.17, 15) is 9.59 Å². The number of benzene rings is 2. The number of anilines is 1. The van der Waals surface area contributed by atoms with E-state index in [1.165, 1.54) is 25.3 Å². The van der Waals surface area contributed by atoms with Crippen LogP contribution in [0.3, 0.4) is 0 Å². The quantitative estimate of drug-likeness (QED) is 0.553. The zero-order valence-electron chi connectivity index (χ0n) is 14.2. The molecule has 0 radical (unpaired) electrons. The van der Waals surface area contributed by atoms with Crippen molar-refractivity contribution in [1.82, 2.24) is 5.48 Å². The van der Waals surface area contributed by atoms with Crippen LogP contribution in [-0.2, 0) is 0 Å². The Hall–Kier alpha value is -3.06. The lowest BCUT2D eigenvalue weighted by Gasteiger charge is -2.12. The lowest BCUT2D eigenvalue weighted by atomic mass is 10.1.